The fourth-order valence-corrected chi connectivity index (χ4v) is 1.24. The minimum absolute atomic E-state index is 0.180. The summed E-state index contributed by atoms with van der Waals surface area (Å²) in [6.07, 6.45) is 2.03. The highest BCUT2D eigenvalue weighted by Gasteiger charge is 2.06. The molecule has 6 heteroatoms. The van der Waals surface area contributed by atoms with E-state index in [2.05, 4.69) is 29.0 Å². The van der Waals surface area contributed by atoms with Crippen LogP contribution in [0.4, 0.5) is 0 Å². The summed E-state index contributed by atoms with van der Waals surface area (Å²) in [5.74, 6) is 0.513. The van der Waals surface area contributed by atoms with Gasteiger partial charge in [0.1, 0.15) is 0 Å². The van der Waals surface area contributed by atoms with Crippen molar-refractivity contribution in [1.29, 1.82) is 0 Å². The molecule has 0 aliphatic carbocycles. The fraction of sp³-hybridized carbons (Fsp3) is 0.667. The van der Waals surface area contributed by atoms with Crippen molar-refractivity contribution in [3.8, 4) is 0 Å². The molecule has 0 aromatic carbocycles. The van der Waals surface area contributed by atoms with Crippen LogP contribution in [0.25, 0.3) is 0 Å². The molecule has 72 valence electrons. The van der Waals surface area contributed by atoms with Gasteiger partial charge < -0.3 is 0 Å². The summed E-state index contributed by atoms with van der Waals surface area (Å²) < 4.78 is 26.0. The molecule has 0 saturated carbocycles. The summed E-state index contributed by atoms with van der Waals surface area (Å²) in [5, 5.41) is 0. The van der Waals surface area contributed by atoms with Crippen LogP contribution in [0.15, 0.2) is 12.7 Å². The predicted octanol–water partition coefficient (Wildman–Crippen LogP) is 0.343. The lowest BCUT2D eigenvalue weighted by Gasteiger charge is -2.02. The van der Waals surface area contributed by atoms with Crippen LogP contribution in [0.2, 0.25) is 0 Å². The first-order valence-corrected chi connectivity index (χ1v) is 5.69. The van der Waals surface area contributed by atoms with Crippen LogP contribution in [-0.2, 0) is 14.4 Å². The molecule has 0 spiro atoms. The maximum Gasteiger partial charge on any atom is 0.286 e. The van der Waals surface area contributed by atoms with Crippen molar-refractivity contribution in [3.05, 3.63) is 12.7 Å². The number of nitrogens with one attached hydrogen (secondary N) is 1. The molecule has 0 rings (SSSR count). The summed E-state index contributed by atoms with van der Waals surface area (Å²) in [4.78, 5) is 0. The van der Waals surface area contributed by atoms with Gasteiger partial charge >= 0.3 is 0 Å². The van der Waals surface area contributed by atoms with Crippen molar-refractivity contribution < 1.29 is 12.7 Å². The van der Waals surface area contributed by atoms with Gasteiger partial charge in [-0.3, -0.25) is 0 Å². The summed E-state index contributed by atoms with van der Waals surface area (Å²) in [6, 6.07) is 0. The van der Waals surface area contributed by atoms with Crippen LogP contribution < -0.4 is 5.48 Å². The Bertz CT molecular complexity index is 213. The first kappa shape index (κ1) is 12.0. The van der Waals surface area contributed by atoms with Gasteiger partial charge in [-0.05, 0) is 12.2 Å². The zero-order chi connectivity index (χ0) is 9.45. The second kappa shape index (κ2) is 6.47. The van der Waals surface area contributed by atoms with Crippen molar-refractivity contribution in [3.63, 3.8) is 0 Å². The normalized spacial score (nSPS) is 11.4. The summed E-state index contributed by atoms with van der Waals surface area (Å²) in [5.41, 5.74) is 2.33. The number of rotatable bonds is 7. The smallest absolute Gasteiger partial charge is 0.198 e. The molecule has 0 saturated heterocycles. The minimum Gasteiger partial charge on any atom is -0.198 e. The van der Waals surface area contributed by atoms with E-state index in [1.807, 2.05) is 0 Å². The van der Waals surface area contributed by atoms with E-state index >= 15 is 0 Å². The molecule has 0 aromatic heterocycles. The second-order valence-corrected chi connectivity index (χ2v) is 4.13. The topological polar surface area (TPSA) is 55.4 Å². The Labute approximate surface area is 78.5 Å². The number of hydrogen-bond donors (Lipinski definition) is 2. The molecular formula is C6H13NO3S2. The molecule has 0 aliphatic heterocycles. The molecule has 0 atom stereocenters. The van der Waals surface area contributed by atoms with Crippen molar-refractivity contribution in [1.82, 2.24) is 5.48 Å². The largest absolute Gasteiger partial charge is 0.286 e. The van der Waals surface area contributed by atoms with Gasteiger partial charge in [-0.1, -0.05) is 6.08 Å². The van der Waals surface area contributed by atoms with Crippen LogP contribution in [0.5, 0.6) is 0 Å². The van der Waals surface area contributed by atoms with Gasteiger partial charge in [-0.25, -0.2) is 0 Å². The molecular weight excluding hydrogens is 198 g/mol. The number of hydroxylamine groups is 1. The van der Waals surface area contributed by atoms with E-state index in [9.17, 15) is 8.42 Å². The molecule has 0 radical (unpaired) electrons. The van der Waals surface area contributed by atoms with Crippen LogP contribution in [0.3, 0.4) is 0 Å². The van der Waals surface area contributed by atoms with Crippen molar-refractivity contribution in [2.45, 2.75) is 6.42 Å². The van der Waals surface area contributed by atoms with E-state index in [0.717, 1.165) is 6.42 Å². The maximum atomic E-state index is 10.8. The summed E-state index contributed by atoms with van der Waals surface area (Å²) in [7, 11) is -3.47. The van der Waals surface area contributed by atoms with Crippen molar-refractivity contribution >= 4 is 22.7 Å². The minimum atomic E-state index is -3.47. The van der Waals surface area contributed by atoms with Crippen LogP contribution in [-0.4, -0.2) is 26.5 Å². The Kier molecular flexibility index (Phi) is 6.45. The van der Waals surface area contributed by atoms with E-state index in [0.29, 0.717) is 12.3 Å². The van der Waals surface area contributed by atoms with Crippen molar-refractivity contribution in [2.24, 2.45) is 0 Å². The second-order valence-electron chi connectivity index (χ2n) is 2.07. The zero-order valence-electron chi connectivity index (χ0n) is 6.69. The molecule has 0 bridgehead atoms. The van der Waals surface area contributed by atoms with Gasteiger partial charge in [-0.15, -0.1) is 6.58 Å². The lowest BCUT2D eigenvalue weighted by Crippen LogP contribution is -2.22. The third kappa shape index (κ3) is 6.66. The highest BCUT2D eigenvalue weighted by molar-refractivity contribution is 7.86. The lowest BCUT2D eigenvalue weighted by atomic mass is 10.5. The maximum absolute atomic E-state index is 10.8. The van der Waals surface area contributed by atoms with Gasteiger partial charge in [-0.2, -0.15) is 30.8 Å². The Morgan fingerprint density at radius 1 is 1.58 bits per heavy atom. The van der Waals surface area contributed by atoms with Crippen LogP contribution in [0, 0.1) is 0 Å². The zero-order valence-corrected chi connectivity index (χ0v) is 8.40. The predicted molar refractivity (Wildman–Crippen MR) is 51.5 cm³/mol. The van der Waals surface area contributed by atoms with E-state index < -0.39 is 10.1 Å². The molecule has 0 fully saturated rings. The average molecular weight is 211 g/mol. The van der Waals surface area contributed by atoms with E-state index in [-0.39, 0.29) is 5.75 Å². The lowest BCUT2D eigenvalue weighted by molar-refractivity contribution is 0.206. The standard InChI is InChI=1S/C6H13NO3S2/c1-2-6-12(8,9)10-7-4-3-5-11/h2,7,11H,1,3-6H2. The number of thiol groups is 1. The van der Waals surface area contributed by atoms with E-state index in [1.165, 1.54) is 6.08 Å². The van der Waals surface area contributed by atoms with Gasteiger partial charge in [0.25, 0.3) is 10.1 Å². The molecule has 0 heterocycles. The molecule has 0 aliphatic rings. The van der Waals surface area contributed by atoms with Crippen molar-refractivity contribution in [2.75, 3.05) is 18.1 Å². The first-order valence-electron chi connectivity index (χ1n) is 3.48. The Morgan fingerprint density at radius 3 is 2.75 bits per heavy atom. The Morgan fingerprint density at radius 2 is 2.25 bits per heavy atom. The molecule has 4 nitrogen and oxygen atoms in total. The molecule has 1 N–H and O–H groups in total. The highest BCUT2D eigenvalue weighted by atomic mass is 32.2. The Hall–Kier alpha value is -0.0400. The third-order valence-electron chi connectivity index (χ3n) is 0.945. The number of hydrogen-bond acceptors (Lipinski definition) is 5. The fourth-order valence-electron chi connectivity index (χ4n) is 0.461. The molecule has 0 unspecified atom stereocenters. The first-order chi connectivity index (χ1) is 5.62. The van der Waals surface area contributed by atoms with Crippen LogP contribution in [0.1, 0.15) is 6.42 Å². The van der Waals surface area contributed by atoms with Gasteiger partial charge in [0.2, 0.25) is 0 Å². The van der Waals surface area contributed by atoms with Gasteiger partial charge in [0.05, 0.1) is 5.75 Å². The third-order valence-corrected chi connectivity index (χ3v) is 2.28. The summed E-state index contributed by atoms with van der Waals surface area (Å²) >= 11 is 3.95. The average Bonchev–Trinajstić information content (AvgIpc) is 1.98. The monoisotopic (exact) mass is 211 g/mol. The van der Waals surface area contributed by atoms with Crippen LogP contribution >= 0.6 is 12.6 Å². The molecule has 12 heavy (non-hydrogen) atoms. The SMILES string of the molecule is C=CCS(=O)(=O)ONCCCS. The molecule has 0 amide bonds. The van der Waals surface area contributed by atoms with Gasteiger partial charge in [0, 0.05) is 6.54 Å². The Balaban J connectivity index is 3.55. The highest BCUT2D eigenvalue weighted by Crippen LogP contribution is 1.90. The summed E-state index contributed by atoms with van der Waals surface area (Å²) in [6.45, 7) is 3.76. The molecule has 0 aromatic rings. The van der Waals surface area contributed by atoms with E-state index in [1.54, 1.807) is 0 Å². The van der Waals surface area contributed by atoms with Gasteiger partial charge in [0.15, 0.2) is 0 Å². The quantitative estimate of drug-likeness (QED) is 0.276. The van der Waals surface area contributed by atoms with E-state index in [4.69, 9.17) is 0 Å².